The third kappa shape index (κ3) is 0.357. The van der Waals surface area contributed by atoms with Crippen LogP contribution in [0.15, 0.2) is 0 Å². The van der Waals surface area contributed by atoms with E-state index in [1.807, 2.05) is 0 Å². The fraction of sp³-hybridized carbons (Fsp3) is 0.500. The van der Waals surface area contributed by atoms with Gasteiger partial charge in [0.2, 0.25) is 6.21 Å². The molecule has 0 aromatic carbocycles. The minimum atomic E-state index is 0.792. The predicted octanol–water partition coefficient (Wildman–Crippen LogP) is -2.41. The third-order valence-corrected chi connectivity index (χ3v) is 0.400. The first kappa shape index (κ1) is 2.66. The molecule has 0 fully saturated rings. The van der Waals surface area contributed by atoms with Crippen LogP contribution in [0.4, 0.5) is 0 Å². The van der Waals surface area contributed by atoms with Crippen molar-refractivity contribution >= 4 is 6.21 Å². The first-order valence-electron chi connectivity index (χ1n) is 1.46. The van der Waals surface area contributed by atoms with E-state index in [1.165, 1.54) is 0 Å². The van der Waals surface area contributed by atoms with Crippen LogP contribution in [-0.2, 0) is 4.94 Å². The molecule has 1 heterocycles. The molecule has 0 saturated heterocycles. The molecular formula is C2H5N2O+. The summed E-state index contributed by atoms with van der Waals surface area (Å²) < 4.78 is 0. The maximum atomic E-state index is 4.39. The Balaban J connectivity index is 2.32. The Bertz CT molecular complexity index is 45.6. The smallest absolute Gasteiger partial charge is 0.175 e. The van der Waals surface area contributed by atoms with Gasteiger partial charge in [0.25, 0.3) is 0 Å². The highest BCUT2D eigenvalue weighted by molar-refractivity contribution is 5.52. The number of hydroxylamine groups is 1. The summed E-state index contributed by atoms with van der Waals surface area (Å²) in [5.41, 5.74) is 2.56. The van der Waals surface area contributed by atoms with E-state index in [0.717, 1.165) is 6.54 Å². The van der Waals surface area contributed by atoms with Gasteiger partial charge in [-0.1, -0.05) is 5.48 Å². The van der Waals surface area contributed by atoms with Crippen LogP contribution < -0.4 is 10.6 Å². The standard InChI is InChI=1S/C2H4N2O/c1-2-4-5-3-1/h1,4H,2H2/p+1. The molecule has 3 nitrogen and oxygen atoms in total. The van der Waals surface area contributed by atoms with Gasteiger partial charge in [-0.25, -0.2) is 0 Å². The van der Waals surface area contributed by atoms with Crippen molar-refractivity contribution in [3.05, 3.63) is 0 Å². The van der Waals surface area contributed by atoms with Crippen molar-refractivity contribution in [2.75, 3.05) is 6.54 Å². The van der Waals surface area contributed by atoms with Crippen LogP contribution in [0.1, 0.15) is 0 Å². The lowest BCUT2D eigenvalue weighted by Gasteiger charge is -1.71. The van der Waals surface area contributed by atoms with Crippen LogP contribution >= 0.6 is 0 Å². The lowest BCUT2D eigenvalue weighted by molar-refractivity contribution is -0.757. The second-order valence-corrected chi connectivity index (χ2v) is 0.772. The molecule has 5 heavy (non-hydrogen) atoms. The van der Waals surface area contributed by atoms with E-state index in [2.05, 4.69) is 15.6 Å². The normalized spacial score (nSPS) is 19.2. The highest BCUT2D eigenvalue weighted by Gasteiger charge is 1.91. The number of hydrogen-bond donors (Lipinski definition) is 2. The summed E-state index contributed by atoms with van der Waals surface area (Å²) in [5.74, 6) is 0. The quantitative estimate of drug-likeness (QED) is 0.335. The summed E-state index contributed by atoms with van der Waals surface area (Å²) in [4.78, 5) is 4.39. The predicted molar refractivity (Wildman–Crippen MR) is 16.1 cm³/mol. The summed E-state index contributed by atoms with van der Waals surface area (Å²) in [7, 11) is 0. The molecule has 28 valence electrons. The van der Waals surface area contributed by atoms with Crippen molar-refractivity contribution in [1.82, 2.24) is 5.48 Å². The summed E-state index contributed by atoms with van der Waals surface area (Å²) in [6.07, 6.45) is 1.78. The zero-order valence-corrected chi connectivity index (χ0v) is 2.69. The monoisotopic (exact) mass is 73.0 g/mol. The Morgan fingerprint density at radius 1 is 2.00 bits per heavy atom. The van der Waals surface area contributed by atoms with Gasteiger partial charge in [0, 0.05) is 0 Å². The summed E-state index contributed by atoms with van der Waals surface area (Å²) in [5, 5.41) is 2.49. The van der Waals surface area contributed by atoms with E-state index in [9.17, 15) is 0 Å². The van der Waals surface area contributed by atoms with Crippen molar-refractivity contribution < 1.29 is 10.1 Å². The molecule has 0 spiro atoms. The van der Waals surface area contributed by atoms with Crippen LogP contribution in [0.25, 0.3) is 0 Å². The van der Waals surface area contributed by atoms with Gasteiger partial charge in [-0.05, 0) is 5.16 Å². The minimum Gasteiger partial charge on any atom is -0.175 e. The molecule has 0 amide bonds. The molecule has 0 saturated carbocycles. The second-order valence-electron chi connectivity index (χ2n) is 0.772. The molecule has 1 rings (SSSR count). The highest BCUT2D eigenvalue weighted by atomic mass is 16.8. The van der Waals surface area contributed by atoms with Crippen LogP contribution in [-0.4, -0.2) is 12.8 Å². The third-order valence-electron chi connectivity index (χ3n) is 0.400. The molecule has 0 radical (unpaired) electrons. The Morgan fingerprint density at radius 2 is 3.00 bits per heavy atom. The average molecular weight is 73.1 g/mol. The van der Waals surface area contributed by atoms with Gasteiger partial charge < -0.3 is 0 Å². The Morgan fingerprint density at radius 3 is 3.20 bits per heavy atom. The Kier molecular flexibility index (Phi) is 0.548. The molecular weight excluding hydrogens is 68.0 g/mol. The molecule has 3 heteroatoms. The molecule has 1 aliphatic rings. The van der Waals surface area contributed by atoms with Crippen LogP contribution in [0.5, 0.6) is 0 Å². The Labute approximate surface area is 29.6 Å². The minimum absolute atomic E-state index is 0.792. The topological polar surface area (TPSA) is 35.2 Å². The maximum Gasteiger partial charge on any atom is 0.209 e. The molecule has 0 aliphatic carbocycles. The lowest BCUT2D eigenvalue weighted by atomic mass is 10.8. The van der Waals surface area contributed by atoms with Crippen molar-refractivity contribution in [3.63, 3.8) is 0 Å². The van der Waals surface area contributed by atoms with E-state index in [0.29, 0.717) is 0 Å². The van der Waals surface area contributed by atoms with Gasteiger partial charge in [0.1, 0.15) is 6.54 Å². The van der Waals surface area contributed by atoms with E-state index in [-0.39, 0.29) is 0 Å². The molecule has 2 N–H and O–H groups in total. The lowest BCUT2D eigenvalue weighted by Crippen LogP contribution is -2.65. The van der Waals surface area contributed by atoms with Crippen LogP contribution in [0, 0.1) is 0 Å². The number of nitrogens with one attached hydrogen (secondary N) is 2. The first-order chi connectivity index (χ1) is 2.50. The summed E-state index contributed by atoms with van der Waals surface area (Å²) in [6, 6.07) is 0. The fourth-order valence-electron chi connectivity index (χ4n) is 0.208. The molecule has 0 aromatic rings. The van der Waals surface area contributed by atoms with E-state index >= 15 is 0 Å². The SMILES string of the molecule is C1=[NH+]ONC1. The van der Waals surface area contributed by atoms with Gasteiger partial charge in [-0.3, -0.25) is 0 Å². The van der Waals surface area contributed by atoms with E-state index in [4.69, 9.17) is 0 Å². The van der Waals surface area contributed by atoms with Crippen molar-refractivity contribution in [3.8, 4) is 0 Å². The summed E-state index contributed by atoms with van der Waals surface area (Å²) in [6.45, 7) is 0.792. The second kappa shape index (κ2) is 1.03. The van der Waals surface area contributed by atoms with Gasteiger partial charge in [0.15, 0.2) is 0 Å². The number of rotatable bonds is 0. The maximum absolute atomic E-state index is 4.39. The average Bonchev–Trinajstić information content (AvgIpc) is 1.76. The van der Waals surface area contributed by atoms with Gasteiger partial charge in [-0.2, -0.15) is 4.94 Å². The highest BCUT2D eigenvalue weighted by Crippen LogP contribution is 1.43. The van der Waals surface area contributed by atoms with Crippen molar-refractivity contribution in [2.24, 2.45) is 0 Å². The van der Waals surface area contributed by atoms with Crippen molar-refractivity contribution in [1.29, 1.82) is 0 Å². The zero-order valence-electron chi connectivity index (χ0n) is 2.69. The number of hydrogen-bond acceptors (Lipinski definition) is 2. The van der Waals surface area contributed by atoms with Gasteiger partial charge in [0.05, 0.1) is 0 Å². The van der Waals surface area contributed by atoms with Gasteiger partial charge >= 0.3 is 0 Å². The Hall–Kier alpha value is -0.570. The van der Waals surface area contributed by atoms with Crippen LogP contribution in [0.3, 0.4) is 0 Å². The van der Waals surface area contributed by atoms with Gasteiger partial charge in [-0.15, -0.1) is 0 Å². The molecule has 0 aromatic heterocycles. The summed E-state index contributed by atoms with van der Waals surface area (Å²) >= 11 is 0. The molecule has 0 unspecified atom stereocenters. The van der Waals surface area contributed by atoms with E-state index in [1.54, 1.807) is 6.21 Å². The van der Waals surface area contributed by atoms with E-state index < -0.39 is 0 Å². The van der Waals surface area contributed by atoms with Crippen molar-refractivity contribution in [2.45, 2.75) is 0 Å². The fourth-order valence-corrected chi connectivity index (χ4v) is 0.208. The zero-order chi connectivity index (χ0) is 3.54. The largest absolute Gasteiger partial charge is 0.209 e. The molecule has 1 aliphatic heterocycles. The molecule has 0 bridgehead atoms. The van der Waals surface area contributed by atoms with Crippen LogP contribution in [0.2, 0.25) is 0 Å². The first-order valence-corrected chi connectivity index (χ1v) is 1.46. The molecule has 0 atom stereocenters.